The Labute approximate surface area is 191 Å². The molecule has 0 radical (unpaired) electrons. The van der Waals surface area contributed by atoms with Crippen molar-refractivity contribution in [3.05, 3.63) is 83.2 Å². The van der Waals surface area contributed by atoms with Gasteiger partial charge in [-0.3, -0.25) is 4.79 Å². The van der Waals surface area contributed by atoms with Gasteiger partial charge in [-0.05, 0) is 67.3 Å². The lowest BCUT2D eigenvalue weighted by Crippen LogP contribution is -2.34. The average molecular weight is 447 g/mol. The third-order valence-electron chi connectivity index (χ3n) is 5.79. The summed E-state index contributed by atoms with van der Waals surface area (Å²) < 4.78 is 11.7. The van der Waals surface area contributed by atoms with Gasteiger partial charge in [0.25, 0.3) is 5.91 Å². The fraction of sp³-hybridized carbons (Fsp3) is 0.231. The Bertz CT molecular complexity index is 1270. The van der Waals surface area contributed by atoms with E-state index in [1.165, 1.54) is 5.56 Å². The van der Waals surface area contributed by atoms with Crippen molar-refractivity contribution in [3.8, 4) is 16.9 Å². The van der Waals surface area contributed by atoms with E-state index in [-0.39, 0.29) is 18.6 Å². The molecule has 1 atom stereocenters. The Morgan fingerprint density at radius 3 is 2.75 bits per heavy atom. The molecule has 5 rings (SSSR count). The Morgan fingerprint density at radius 2 is 1.94 bits per heavy atom. The molecule has 0 saturated carbocycles. The van der Waals surface area contributed by atoms with Crippen LogP contribution in [-0.2, 0) is 4.79 Å². The molecule has 0 spiro atoms. The molecule has 1 aliphatic rings. The first-order chi connectivity index (χ1) is 15.6. The maximum atomic E-state index is 12.9. The zero-order valence-corrected chi connectivity index (χ0v) is 18.5. The summed E-state index contributed by atoms with van der Waals surface area (Å²) in [5, 5.41) is 0.629. The molecule has 4 aromatic rings. The van der Waals surface area contributed by atoms with Gasteiger partial charge in [0.05, 0.1) is 0 Å². The molecule has 1 unspecified atom stereocenters. The van der Waals surface area contributed by atoms with Gasteiger partial charge in [-0.2, -0.15) is 0 Å². The molecule has 1 amide bonds. The summed E-state index contributed by atoms with van der Waals surface area (Å²) in [5.41, 5.74) is 4.98. The summed E-state index contributed by atoms with van der Waals surface area (Å²) in [4.78, 5) is 19.4. The Balaban J connectivity index is 1.34. The quantitative estimate of drug-likeness (QED) is 0.366. The lowest BCUT2D eigenvalue weighted by molar-refractivity contribution is -0.134. The molecule has 6 heteroatoms. The number of hydrogen-bond donors (Lipinski definition) is 0. The normalized spacial score (nSPS) is 15.9. The first kappa shape index (κ1) is 20.6. The van der Waals surface area contributed by atoms with E-state index in [0.29, 0.717) is 23.2 Å². The molecule has 0 N–H and O–H groups in total. The molecule has 1 aromatic heterocycles. The molecule has 0 aliphatic carbocycles. The van der Waals surface area contributed by atoms with Crippen molar-refractivity contribution in [1.82, 2.24) is 9.88 Å². The van der Waals surface area contributed by atoms with E-state index in [4.69, 9.17) is 25.7 Å². The zero-order valence-electron chi connectivity index (χ0n) is 17.8. The number of nitrogens with zero attached hydrogens (tertiary/aromatic N) is 2. The summed E-state index contributed by atoms with van der Waals surface area (Å²) in [5.74, 6) is 1.12. The number of fused-ring (bicyclic) bond motifs is 1. The highest BCUT2D eigenvalue weighted by molar-refractivity contribution is 6.30. The Hall–Kier alpha value is -3.31. The SMILES string of the molecule is Cc1cccc(-c2ccc3oc(C4CCCN4C(=O)COc4ccc(Cl)cc4)nc3c2)c1. The van der Waals surface area contributed by atoms with Gasteiger partial charge in [0.2, 0.25) is 5.89 Å². The number of carbonyl (C=O) groups excluding carboxylic acids is 1. The number of rotatable bonds is 5. The van der Waals surface area contributed by atoms with E-state index in [9.17, 15) is 4.79 Å². The summed E-state index contributed by atoms with van der Waals surface area (Å²) in [6.07, 6.45) is 1.73. The fourth-order valence-corrected chi connectivity index (χ4v) is 4.30. The predicted octanol–water partition coefficient (Wildman–Crippen LogP) is 6.20. The van der Waals surface area contributed by atoms with Gasteiger partial charge in [-0.15, -0.1) is 0 Å². The topological polar surface area (TPSA) is 55.6 Å². The number of hydrogen-bond acceptors (Lipinski definition) is 4. The minimum atomic E-state index is -0.175. The van der Waals surface area contributed by atoms with E-state index in [2.05, 4.69) is 31.2 Å². The molecule has 1 aliphatic heterocycles. The van der Waals surface area contributed by atoms with Gasteiger partial charge >= 0.3 is 0 Å². The maximum Gasteiger partial charge on any atom is 0.261 e. The van der Waals surface area contributed by atoms with E-state index in [1.54, 1.807) is 24.3 Å². The lowest BCUT2D eigenvalue weighted by atomic mass is 10.0. The highest BCUT2D eigenvalue weighted by Gasteiger charge is 2.33. The molecular formula is C26H23ClN2O3. The lowest BCUT2D eigenvalue weighted by Gasteiger charge is -2.22. The summed E-state index contributed by atoms with van der Waals surface area (Å²) in [6, 6.07) is 21.2. The monoisotopic (exact) mass is 446 g/mol. The van der Waals surface area contributed by atoms with E-state index in [0.717, 1.165) is 35.1 Å². The van der Waals surface area contributed by atoms with Crippen LogP contribution in [0.3, 0.4) is 0 Å². The first-order valence-corrected chi connectivity index (χ1v) is 11.1. The molecule has 3 aromatic carbocycles. The van der Waals surface area contributed by atoms with E-state index >= 15 is 0 Å². The average Bonchev–Trinajstić information content (AvgIpc) is 3.45. The number of aryl methyl sites for hydroxylation is 1. The second kappa shape index (κ2) is 8.67. The third-order valence-corrected chi connectivity index (χ3v) is 6.04. The van der Waals surface area contributed by atoms with Crippen LogP contribution in [0.25, 0.3) is 22.2 Å². The number of aromatic nitrogens is 1. The van der Waals surface area contributed by atoms with Crippen LogP contribution in [-0.4, -0.2) is 28.9 Å². The second-order valence-corrected chi connectivity index (χ2v) is 8.53. The highest BCUT2D eigenvalue weighted by atomic mass is 35.5. The molecule has 162 valence electrons. The molecular weight excluding hydrogens is 424 g/mol. The summed E-state index contributed by atoms with van der Waals surface area (Å²) in [6.45, 7) is 2.72. The molecule has 2 heterocycles. The van der Waals surface area contributed by atoms with Gasteiger partial charge in [-0.1, -0.05) is 47.5 Å². The fourth-order valence-electron chi connectivity index (χ4n) is 4.17. The van der Waals surface area contributed by atoms with Crippen molar-refractivity contribution in [2.24, 2.45) is 0 Å². The summed E-state index contributed by atoms with van der Waals surface area (Å²) >= 11 is 5.90. The number of likely N-dealkylation sites (tertiary alicyclic amines) is 1. The number of halogens is 1. The van der Waals surface area contributed by atoms with Gasteiger partial charge < -0.3 is 14.1 Å². The van der Waals surface area contributed by atoms with Crippen LogP contribution in [0.5, 0.6) is 5.75 Å². The van der Waals surface area contributed by atoms with Gasteiger partial charge in [0.1, 0.15) is 17.3 Å². The van der Waals surface area contributed by atoms with Crippen LogP contribution >= 0.6 is 11.6 Å². The van der Waals surface area contributed by atoms with Crippen molar-refractivity contribution in [2.75, 3.05) is 13.2 Å². The molecule has 1 fully saturated rings. The highest BCUT2D eigenvalue weighted by Crippen LogP contribution is 2.34. The minimum Gasteiger partial charge on any atom is -0.484 e. The number of amides is 1. The molecule has 32 heavy (non-hydrogen) atoms. The standard InChI is InChI=1S/C26H23ClN2O3/c1-17-4-2-5-18(14-17)19-7-12-24-22(15-19)28-26(32-24)23-6-3-13-29(23)25(30)16-31-21-10-8-20(27)9-11-21/h2,4-5,7-12,14-15,23H,3,6,13,16H2,1H3. The largest absolute Gasteiger partial charge is 0.484 e. The van der Waals surface area contributed by atoms with Crippen LogP contribution < -0.4 is 4.74 Å². The smallest absolute Gasteiger partial charge is 0.261 e. The van der Waals surface area contributed by atoms with Crippen molar-refractivity contribution < 1.29 is 13.9 Å². The summed E-state index contributed by atoms with van der Waals surface area (Å²) in [7, 11) is 0. The molecule has 1 saturated heterocycles. The van der Waals surface area contributed by atoms with Crippen molar-refractivity contribution in [1.29, 1.82) is 0 Å². The Morgan fingerprint density at radius 1 is 1.12 bits per heavy atom. The molecule has 5 nitrogen and oxygen atoms in total. The van der Waals surface area contributed by atoms with Crippen LogP contribution in [0, 0.1) is 6.92 Å². The molecule has 0 bridgehead atoms. The van der Waals surface area contributed by atoms with E-state index in [1.807, 2.05) is 23.1 Å². The van der Waals surface area contributed by atoms with E-state index < -0.39 is 0 Å². The van der Waals surface area contributed by atoms with Crippen molar-refractivity contribution >= 4 is 28.6 Å². The minimum absolute atomic E-state index is 0.0319. The first-order valence-electron chi connectivity index (χ1n) is 10.7. The second-order valence-electron chi connectivity index (χ2n) is 8.09. The zero-order chi connectivity index (χ0) is 22.1. The van der Waals surface area contributed by atoms with Gasteiger partial charge in [-0.25, -0.2) is 4.98 Å². The number of oxazole rings is 1. The Kier molecular flexibility index (Phi) is 5.58. The van der Waals surface area contributed by atoms with Gasteiger partial charge in [0.15, 0.2) is 12.2 Å². The van der Waals surface area contributed by atoms with Crippen LogP contribution in [0.1, 0.15) is 30.3 Å². The van der Waals surface area contributed by atoms with Crippen LogP contribution in [0.15, 0.2) is 71.1 Å². The predicted molar refractivity (Wildman–Crippen MR) is 125 cm³/mol. The van der Waals surface area contributed by atoms with Crippen molar-refractivity contribution in [3.63, 3.8) is 0 Å². The maximum absolute atomic E-state index is 12.9. The number of ether oxygens (including phenoxy) is 1. The van der Waals surface area contributed by atoms with Crippen LogP contribution in [0.2, 0.25) is 5.02 Å². The number of benzene rings is 3. The van der Waals surface area contributed by atoms with Gasteiger partial charge in [0, 0.05) is 11.6 Å². The van der Waals surface area contributed by atoms with Crippen LogP contribution in [0.4, 0.5) is 0 Å². The van der Waals surface area contributed by atoms with Crippen molar-refractivity contribution in [2.45, 2.75) is 25.8 Å². The number of carbonyl (C=O) groups is 1. The third kappa shape index (κ3) is 4.21.